The number of halogens is 2. The molecule has 0 unspecified atom stereocenters. The van der Waals surface area contributed by atoms with Crippen molar-refractivity contribution in [3.05, 3.63) is 34.2 Å². The third-order valence-electron chi connectivity index (χ3n) is 1.92. The molecular formula is C10H9BrClN3O. The second-order valence-electron chi connectivity index (χ2n) is 3.07. The van der Waals surface area contributed by atoms with Gasteiger partial charge in [-0.3, -0.25) is 4.68 Å². The van der Waals surface area contributed by atoms with Crippen LogP contribution in [0.4, 0.5) is 0 Å². The molecule has 84 valence electrons. The number of nitrogens with zero attached hydrogens (tertiary/aromatic N) is 3. The van der Waals surface area contributed by atoms with E-state index in [-0.39, 0.29) is 0 Å². The van der Waals surface area contributed by atoms with Crippen molar-refractivity contribution in [1.29, 1.82) is 0 Å². The summed E-state index contributed by atoms with van der Waals surface area (Å²) in [6, 6.07) is 1.73. The van der Waals surface area contributed by atoms with Gasteiger partial charge in [-0.05, 0) is 28.9 Å². The molecule has 2 aromatic rings. The van der Waals surface area contributed by atoms with Crippen molar-refractivity contribution in [2.24, 2.45) is 0 Å². The standard InChI is InChI=1S/C10H9BrClN3O/c1-2-15-6-8(5-14-15)16-10-9(12)3-7(11)4-13-10/h3-6H,2H2,1H3. The first-order valence-electron chi connectivity index (χ1n) is 4.70. The van der Waals surface area contributed by atoms with Crippen molar-refractivity contribution < 1.29 is 4.74 Å². The smallest absolute Gasteiger partial charge is 0.238 e. The summed E-state index contributed by atoms with van der Waals surface area (Å²) < 4.78 is 8.08. The molecule has 0 saturated carbocycles. The molecule has 2 aromatic heterocycles. The third kappa shape index (κ3) is 2.54. The van der Waals surface area contributed by atoms with Crippen LogP contribution in [0, 0.1) is 0 Å². The van der Waals surface area contributed by atoms with Gasteiger partial charge >= 0.3 is 0 Å². The largest absolute Gasteiger partial charge is 0.434 e. The van der Waals surface area contributed by atoms with Crippen LogP contribution < -0.4 is 4.74 Å². The lowest BCUT2D eigenvalue weighted by molar-refractivity contribution is 0.462. The Morgan fingerprint density at radius 1 is 1.50 bits per heavy atom. The molecule has 0 aliphatic carbocycles. The molecule has 0 radical (unpaired) electrons. The molecule has 2 heterocycles. The van der Waals surface area contributed by atoms with Crippen molar-refractivity contribution in [1.82, 2.24) is 14.8 Å². The summed E-state index contributed by atoms with van der Waals surface area (Å²) in [6.07, 6.45) is 5.05. The van der Waals surface area contributed by atoms with E-state index >= 15 is 0 Å². The van der Waals surface area contributed by atoms with E-state index in [9.17, 15) is 0 Å². The molecule has 0 aliphatic heterocycles. The highest BCUT2D eigenvalue weighted by molar-refractivity contribution is 9.10. The van der Waals surface area contributed by atoms with E-state index in [1.165, 1.54) is 0 Å². The van der Waals surface area contributed by atoms with Crippen LogP contribution in [-0.4, -0.2) is 14.8 Å². The zero-order valence-corrected chi connectivity index (χ0v) is 10.9. The van der Waals surface area contributed by atoms with Crippen LogP contribution in [0.1, 0.15) is 6.92 Å². The first-order chi connectivity index (χ1) is 7.69. The summed E-state index contributed by atoms with van der Waals surface area (Å²) in [5, 5.41) is 4.55. The second kappa shape index (κ2) is 4.84. The van der Waals surface area contributed by atoms with Crippen LogP contribution in [0.15, 0.2) is 29.1 Å². The summed E-state index contributed by atoms with van der Waals surface area (Å²) in [7, 11) is 0. The highest BCUT2D eigenvalue weighted by Gasteiger charge is 2.06. The first kappa shape index (κ1) is 11.4. The van der Waals surface area contributed by atoms with E-state index in [1.807, 2.05) is 6.92 Å². The van der Waals surface area contributed by atoms with Gasteiger partial charge in [-0.25, -0.2) is 4.98 Å². The van der Waals surface area contributed by atoms with Gasteiger partial charge in [-0.15, -0.1) is 0 Å². The molecule has 0 spiro atoms. The fourth-order valence-corrected chi connectivity index (χ4v) is 1.83. The van der Waals surface area contributed by atoms with Gasteiger partial charge in [0, 0.05) is 17.2 Å². The maximum atomic E-state index is 5.98. The van der Waals surface area contributed by atoms with Crippen molar-refractivity contribution in [2.75, 3.05) is 0 Å². The van der Waals surface area contributed by atoms with Crippen LogP contribution in [0.2, 0.25) is 5.02 Å². The number of ether oxygens (including phenoxy) is 1. The zero-order chi connectivity index (χ0) is 11.5. The van der Waals surface area contributed by atoms with E-state index in [1.54, 1.807) is 29.3 Å². The van der Waals surface area contributed by atoms with Gasteiger partial charge in [0.25, 0.3) is 0 Å². The topological polar surface area (TPSA) is 39.9 Å². The molecule has 4 nitrogen and oxygen atoms in total. The molecule has 0 atom stereocenters. The Morgan fingerprint density at radius 2 is 2.31 bits per heavy atom. The summed E-state index contributed by atoms with van der Waals surface area (Å²) in [5.41, 5.74) is 0. The Bertz CT molecular complexity index is 501. The normalized spacial score (nSPS) is 10.4. The van der Waals surface area contributed by atoms with E-state index in [0.717, 1.165) is 11.0 Å². The lowest BCUT2D eigenvalue weighted by Crippen LogP contribution is -1.92. The number of aryl methyl sites for hydroxylation is 1. The molecule has 0 N–H and O–H groups in total. The van der Waals surface area contributed by atoms with E-state index in [4.69, 9.17) is 16.3 Å². The highest BCUT2D eigenvalue weighted by Crippen LogP contribution is 2.28. The number of hydrogen-bond donors (Lipinski definition) is 0. The molecule has 0 bridgehead atoms. The predicted octanol–water partition coefficient (Wildman–Crippen LogP) is 3.51. The zero-order valence-electron chi connectivity index (χ0n) is 8.52. The molecule has 2 rings (SSSR count). The molecule has 0 saturated heterocycles. The summed E-state index contributed by atoms with van der Waals surface area (Å²) in [4.78, 5) is 4.07. The molecular weight excluding hydrogens is 293 g/mol. The summed E-state index contributed by atoms with van der Waals surface area (Å²) in [6.45, 7) is 2.80. The molecule has 0 fully saturated rings. The highest BCUT2D eigenvalue weighted by atomic mass is 79.9. The number of aromatic nitrogens is 3. The van der Waals surface area contributed by atoms with E-state index in [0.29, 0.717) is 16.7 Å². The first-order valence-corrected chi connectivity index (χ1v) is 5.87. The van der Waals surface area contributed by atoms with Crippen molar-refractivity contribution in [3.63, 3.8) is 0 Å². The maximum absolute atomic E-state index is 5.98. The van der Waals surface area contributed by atoms with Gasteiger partial charge < -0.3 is 4.74 Å². The monoisotopic (exact) mass is 301 g/mol. The summed E-state index contributed by atoms with van der Waals surface area (Å²) in [5.74, 6) is 0.999. The Labute approximate surface area is 106 Å². The maximum Gasteiger partial charge on any atom is 0.238 e. The van der Waals surface area contributed by atoms with Gasteiger partial charge in [-0.1, -0.05) is 11.6 Å². The Balaban J connectivity index is 2.20. The van der Waals surface area contributed by atoms with E-state index in [2.05, 4.69) is 26.0 Å². The fourth-order valence-electron chi connectivity index (χ4n) is 1.16. The van der Waals surface area contributed by atoms with Crippen molar-refractivity contribution >= 4 is 27.5 Å². The van der Waals surface area contributed by atoms with Gasteiger partial charge in [-0.2, -0.15) is 5.10 Å². The van der Waals surface area contributed by atoms with Gasteiger partial charge in [0.15, 0.2) is 5.75 Å². The SMILES string of the molecule is CCn1cc(Oc2ncc(Br)cc2Cl)cn1. The average Bonchev–Trinajstić information content (AvgIpc) is 2.70. The minimum Gasteiger partial charge on any atom is -0.434 e. The van der Waals surface area contributed by atoms with Crippen molar-refractivity contribution in [3.8, 4) is 11.6 Å². The second-order valence-corrected chi connectivity index (χ2v) is 4.40. The van der Waals surface area contributed by atoms with Crippen LogP contribution in [0.25, 0.3) is 0 Å². The predicted molar refractivity (Wildman–Crippen MR) is 64.9 cm³/mol. The molecule has 0 amide bonds. The Hall–Kier alpha value is -1.07. The van der Waals surface area contributed by atoms with Crippen LogP contribution in [-0.2, 0) is 6.54 Å². The molecule has 16 heavy (non-hydrogen) atoms. The van der Waals surface area contributed by atoms with Crippen molar-refractivity contribution in [2.45, 2.75) is 13.5 Å². The summed E-state index contributed by atoms with van der Waals surface area (Å²) >= 11 is 9.25. The quantitative estimate of drug-likeness (QED) is 0.871. The van der Waals surface area contributed by atoms with Crippen LogP contribution in [0.3, 0.4) is 0 Å². The molecule has 0 aliphatic rings. The average molecular weight is 303 g/mol. The Kier molecular flexibility index (Phi) is 3.46. The van der Waals surface area contributed by atoms with Crippen LogP contribution in [0.5, 0.6) is 11.6 Å². The molecule has 0 aromatic carbocycles. The van der Waals surface area contributed by atoms with Gasteiger partial charge in [0.05, 0.1) is 12.4 Å². The van der Waals surface area contributed by atoms with E-state index < -0.39 is 0 Å². The fraction of sp³-hybridized carbons (Fsp3) is 0.200. The Morgan fingerprint density at radius 3 is 2.94 bits per heavy atom. The lowest BCUT2D eigenvalue weighted by atomic mass is 10.5. The minimum absolute atomic E-state index is 0.375. The number of rotatable bonds is 3. The number of hydrogen-bond acceptors (Lipinski definition) is 3. The number of pyridine rings is 1. The van der Waals surface area contributed by atoms with Crippen LogP contribution >= 0.6 is 27.5 Å². The van der Waals surface area contributed by atoms with Gasteiger partial charge in [0.2, 0.25) is 5.88 Å². The third-order valence-corrected chi connectivity index (χ3v) is 2.63. The minimum atomic E-state index is 0.375. The molecule has 6 heteroatoms. The van der Waals surface area contributed by atoms with Gasteiger partial charge in [0.1, 0.15) is 5.02 Å². The lowest BCUT2D eigenvalue weighted by Gasteiger charge is -2.03.